The molecule has 0 bridgehead atoms. The van der Waals surface area contributed by atoms with Crippen molar-refractivity contribution in [2.75, 3.05) is 76.5 Å². The van der Waals surface area contributed by atoms with Gasteiger partial charge in [-0.15, -0.1) is 0 Å². The van der Waals surface area contributed by atoms with Gasteiger partial charge in [0.15, 0.2) is 22.6 Å². The van der Waals surface area contributed by atoms with Crippen LogP contribution in [-0.2, 0) is 9.47 Å². The van der Waals surface area contributed by atoms with Crippen molar-refractivity contribution in [3.05, 3.63) is 79.1 Å². The number of hydrogen-bond acceptors (Lipinski definition) is 12. The molecule has 2 aromatic heterocycles. The number of ether oxygens (including phenoxy) is 2. The number of nitrogens with zero attached hydrogens (tertiary/aromatic N) is 3. The van der Waals surface area contributed by atoms with E-state index in [9.17, 15) is 29.4 Å². The van der Waals surface area contributed by atoms with Crippen LogP contribution in [0.4, 0.5) is 11.8 Å². The molecule has 0 aliphatic carbocycles. The molecule has 3 N–H and O–H groups in total. The Hall–Kier alpha value is -4.76. The number of hydrogen-bond donors (Lipinski definition) is 3. The number of rotatable bonds is 6. The van der Waals surface area contributed by atoms with Gasteiger partial charge in [0.2, 0.25) is 0 Å². The molecule has 4 heterocycles. The summed E-state index contributed by atoms with van der Waals surface area (Å²) >= 11 is 0. The minimum absolute atomic E-state index is 0.0557. The molecule has 0 spiro atoms. The summed E-state index contributed by atoms with van der Waals surface area (Å²) in [5.41, 5.74) is 0.968. The van der Waals surface area contributed by atoms with Crippen LogP contribution in [0.2, 0.25) is 0 Å². The molecule has 2 atom stereocenters. The standard InChI is InChI=1S/C18H22N2O5.C16H17NO6/c1-11(21)13-8-12(18(23)19(2)3)9-14-15(22)10-16(25-17(13)14)20-4-6-24-7-5-20;1-9(18)11-6-10(16(20)21)7-12-13(19)8-14(23-15(11)12)17-2-4-22-5-3-17/h8-11,21H,4-7H2,1-3H3;6-9,18H,2-5H2,1H3,(H,20,21). The summed E-state index contributed by atoms with van der Waals surface area (Å²) in [6, 6.07) is 8.51. The number of carbonyl (C=O) groups excluding carboxylic acids is 1. The van der Waals surface area contributed by atoms with Gasteiger partial charge < -0.3 is 48.3 Å². The summed E-state index contributed by atoms with van der Waals surface area (Å²) in [5, 5.41) is 29.7. The first kappa shape index (κ1) is 34.6. The first-order chi connectivity index (χ1) is 22.8. The van der Waals surface area contributed by atoms with Crippen molar-refractivity contribution in [1.29, 1.82) is 0 Å². The first-order valence-electron chi connectivity index (χ1n) is 15.6. The smallest absolute Gasteiger partial charge is 0.335 e. The number of aromatic carboxylic acids is 1. The van der Waals surface area contributed by atoms with Crippen molar-refractivity contribution >= 4 is 45.6 Å². The van der Waals surface area contributed by atoms with E-state index in [2.05, 4.69) is 0 Å². The molecular weight excluding hydrogens is 626 g/mol. The molecule has 6 rings (SSSR count). The number of anilines is 2. The molecule has 1 amide bonds. The maximum atomic E-state index is 12.6. The fourth-order valence-electron chi connectivity index (χ4n) is 5.55. The van der Waals surface area contributed by atoms with Gasteiger partial charge in [-0.25, -0.2) is 4.79 Å². The second-order valence-electron chi connectivity index (χ2n) is 11.8. The van der Waals surface area contributed by atoms with Crippen LogP contribution in [0.5, 0.6) is 0 Å². The number of amides is 1. The Morgan fingerprint density at radius 1 is 0.688 bits per heavy atom. The van der Waals surface area contributed by atoms with Crippen molar-refractivity contribution in [2.45, 2.75) is 26.1 Å². The average Bonchev–Trinajstić information content (AvgIpc) is 3.07. The summed E-state index contributed by atoms with van der Waals surface area (Å²) in [6.07, 6.45) is -1.83. The monoisotopic (exact) mass is 665 g/mol. The maximum absolute atomic E-state index is 12.6. The van der Waals surface area contributed by atoms with Crippen LogP contribution < -0.4 is 20.7 Å². The minimum atomic E-state index is -1.16. The number of morpholine rings is 2. The minimum Gasteiger partial charge on any atom is -0.478 e. The van der Waals surface area contributed by atoms with Gasteiger partial charge in [-0.1, -0.05) is 0 Å². The summed E-state index contributed by atoms with van der Waals surface area (Å²) in [7, 11) is 3.27. The van der Waals surface area contributed by atoms with E-state index in [-0.39, 0.29) is 38.9 Å². The Morgan fingerprint density at radius 2 is 1.08 bits per heavy atom. The molecule has 48 heavy (non-hydrogen) atoms. The van der Waals surface area contributed by atoms with E-state index in [0.717, 1.165) is 0 Å². The molecule has 2 aliphatic heterocycles. The highest BCUT2D eigenvalue weighted by Crippen LogP contribution is 2.30. The second-order valence-corrected chi connectivity index (χ2v) is 11.8. The van der Waals surface area contributed by atoms with Crippen LogP contribution in [0.25, 0.3) is 21.9 Å². The molecule has 0 saturated carbocycles. The number of carboxylic acid groups (broad SMARTS) is 1. The predicted molar refractivity (Wildman–Crippen MR) is 177 cm³/mol. The van der Waals surface area contributed by atoms with Gasteiger partial charge in [0, 0.05) is 69.1 Å². The molecular formula is C34H39N3O11. The zero-order chi connectivity index (χ0) is 34.7. The number of carboxylic acids is 1. The van der Waals surface area contributed by atoms with E-state index in [4.69, 9.17) is 23.4 Å². The lowest BCUT2D eigenvalue weighted by molar-refractivity contribution is 0.0696. The van der Waals surface area contributed by atoms with E-state index in [1.54, 1.807) is 27.1 Å². The highest BCUT2D eigenvalue weighted by Gasteiger charge is 2.22. The molecule has 2 aliphatic rings. The first-order valence-corrected chi connectivity index (χ1v) is 15.6. The Kier molecular flexibility index (Phi) is 10.5. The fourth-order valence-corrected chi connectivity index (χ4v) is 5.55. The molecule has 0 radical (unpaired) electrons. The Labute approximate surface area is 275 Å². The van der Waals surface area contributed by atoms with Crippen LogP contribution in [0.15, 0.2) is 54.8 Å². The maximum Gasteiger partial charge on any atom is 0.335 e. The molecule has 2 unspecified atom stereocenters. The summed E-state index contributed by atoms with van der Waals surface area (Å²) in [5.74, 6) is -0.545. The van der Waals surface area contributed by atoms with Gasteiger partial charge in [0.1, 0.15) is 11.2 Å². The fraction of sp³-hybridized carbons (Fsp3) is 0.412. The Morgan fingerprint density at radius 3 is 1.46 bits per heavy atom. The van der Waals surface area contributed by atoms with E-state index in [0.29, 0.717) is 86.5 Å². The van der Waals surface area contributed by atoms with Crippen molar-refractivity contribution in [3.63, 3.8) is 0 Å². The zero-order valence-corrected chi connectivity index (χ0v) is 27.2. The molecule has 14 heteroatoms. The molecule has 256 valence electrons. The third-order valence-corrected chi connectivity index (χ3v) is 8.13. The lowest BCUT2D eigenvalue weighted by Crippen LogP contribution is -2.36. The average molecular weight is 666 g/mol. The van der Waals surface area contributed by atoms with Crippen molar-refractivity contribution in [2.24, 2.45) is 0 Å². The van der Waals surface area contributed by atoms with Gasteiger partial charge in [-0.2, -0.15) is 0 Å². The highest BCUT2D eigenvalue weighted by molar-refractivity contribution is 5.98. The van der Waals surface area contributed by atoms with Gasteiger partial charge in [-0.05, 0) is 38.1 Å². The molecule has 2 aromatic carbocycles. The third-order valence-electron chi connectivity index (χ3n) is 8.13. The SMILES string of the molecule is CC(O)c1cc(C(=O)N(C)C)cc2c(=O)cc(N3CCOCC3)oc12.CC(O)c1cc(C(=O)O)cc2c(=O)cc(N3CCOCC3)oc12. The van der Waals surface area contributed by atoms with Crippen molar-refractivity contribution < 1.29 is 43.2 Å². The quantitative estimate of drug-likeness (QED) is 0.274. The number of benzene rings is 2. The van der Waals surface area contributed by atoms with Crippen molar-refractivity contribution in [3.8, 4) is 0 Å². The molecule has 14 nitrogen and oxygen atoms in total. The number of carbonyl (C=O) groups is 2. The molecule has 2 saturated heterocycles. The normalized spacial score (nSPS) is 16.3. The lowest BCUT2D eigenvalue weighted by Gasteiger charge is -2.27. The second kappa shape index (κ2) is 14.6. The van der Waals surface area contributed by atoms with Gasteiger partial charge in [0.25, 0.3) is 5.91 Å². The summed E-state index contributed by atoms with van der Waals surface area (Å²) < 4.78 is 22.4. The van der Waals surface area contributed by atoms with Crippen LogP contribution in [-0.4, -0.2) is 98.8 Å². The van der Waals surface area contributed by atoms with E-state index < -0.39 is 18.2 Å². The Balaban J connectivity index is 0.000000188. The van der Waals surface area contributed by atoms with Gasteiger partial charge in [-0.3, -0.25) is 14.4 Å². The van der Waals surface area contributed by atoms with Crippen molar-refractivity contribution in [1.82, 2.24) is 4.90 Å². The third kappa shape index (κ3) is 7.36. The van der Waals surface area contributed by atoms with E-state index >= 15 is 0 Å². The molecule has 4 aromatic rings. The number of aliphatic hydroxyl groups is 2. The Bertz CT molecular complexity index is 1940. The largest absolute Gasteiger partial charge is 0.478 e. The van der Waals surface area contributed by atoms with E-state index in [1.165, 1.54) is 42.2 Å². The lowest BCUT2D eigenvalue weighted by atomic mass is 10.0. The summed E-state index contributed by atoms with van der Waals surface area (Å²) in [4.78, 5) is 53.8. The van der Waals surface area contributed by atoms with Gasteiger partial charge in [0.05, 0.1) is 55.0 Å². The zero-order valence-electron chi connectivity index (χ0n) is 27.2. The predicted octanol–water partition coefficient (Wildman–Crippen LogP) is 2.77. The number of aliphatic hydroxyl groups excluding tert-OH is 2. The van der Waals surface area contributed by atoms with Crippen LogP contribution >= 0.6 is 0 Å². The topological polar surface area (TPSA) is 183 Å². The number of fused-ring (bicyclic) bond motifs is 2. The van der Waals surface area contributed by atoms with Gasteiger partial charge >= 0.3 is 5.97 Å². The van der Waals surface area contributed by atoms with Crippen LogP contribution in [0, 0.1) is 0 Å². The highest BCUT2D eigenvalue weighted by atomic mass is 16.5. The van der Waals surface area contributed by atoms with Crippen LogP contribution in [0.3, 0.4) is 0 Å². The van der Waals surface area contributed by atoms with E-state index in [1.807, 2.05) is 9.80 Å². The van der Waals surface area contributed by atoms with Crippen LogP contribution in [0.1, 0.15) is 57.9 Å². The summed E-state index contributed by atoms with van der Waals surface area (Å²) in [6.45, 7) is 7.79. The molecule has 2 fully saturated rings.